The first-order valence-corrected chi connectivity index (χ1v) is 8.92. The number of hydrogen-bond acceptors (Lipinski definition) is 2. The number of likely N-dealkylation sites (tertiary alicyclic amines) is 2. The van der Waals surface area contributed by atoms with Crippen LogP contribution in [0.1, 0.15) is 50.5 Å². The van der Waals surface area contributed by atoms with Gasteiger partial charge in [0.25, 0.3) is 0 Å². The first-order valence-electron chi connectivity index (χ1n) is 8.92. The lowest BCUT2D eigenvalue weighted by molar-refractivity contribution is 0.0977. The molecule has 0 spiro atoms. The number of hydrogen-bond donors (Lipinski definition) is 0. The van der Waals surface area contributed by atoms with Gasteiger partial charge >= 0.3 is 0 Å². The summed E-state index contributed by atoms with van der Waals surface area (Å²) in [4.78, 5) is 5.44. The second-order valence-electron chi connectivity index (χ2n) is 6.80. The molecule has 0 aromatic heterocycles. The molecule has 0 radical (unpaired) electrons. The molecule has 2 nitrogen and oxygen atoms in total. The molecule has 1 aromatic rings. The maximum Gasteiger partial charge on any atom is 0.0233 e. The zero-order valence-corrected chi connectivity index (χ0v) is 13.3. The van der Waals surface area contributed by atoms with Crippen molar-refractivity contribution < 1.29 is 0 Å². The Kier molecular flexibility index (Phi) is 5.70. The lowest BCUT2D eigenvalue weighted by Gasteiger charge is -2.39. The fourth-order valence-electron chi connectivity index (χ4n) is 3.92. The van der Waals surface area contributed by atoms with Crippen molar-refractivity contribution in [2.75, 3.05) is 26.2 Å². The van der Waals surface area contributed by atoms with Crippen molar-refractivity contribution in [1.82, 2.24) is 9.80 Å². The Morgan fingerprint density at radius 1 is 0.762 bits per heavy atom. The van der Waals surface area contributed by atoms with Gasteiger partial charge in [-0.25, -0.2) is 0 Å². The minimum atomic E-state index is 0.857. The van der Waals surface area contributed by atoms with Gasteiger partial charge in [0.1, 0.15) is 0 Å². The number of piperidine rings is 1. The van der Waals surface area contributed by atoms with Crippen molar-refractivity contribution in [2.24, 2.45) is 0 Å². The molecule has 0 bridgehead atoms. The second-order valence-corrected chi connectivity index (χ2v) is 6.80. The van der Waals surface area contributed by atoms with E-state index < -0.39 is 0 Å². The van der Waals surface area contributed by atoms with Crippen LogP contribution in [-0.4, -0.2) is 42.0 Å². The molecule has 116 valence electrons. The van der Waals surface area contributed by atoms with Crippen LogP contribution in [0, 0.1) is 0 Å². The molecule has 0 unspecified atom stereocenters. The van der Waals surface area contributed by atoms with Gasteiger partial charge in [0.2, 0.25) is 0 Å². The summed E-state index contributed by atoms with van der Waals surface area (Å²) in [6.45, 7) is 6.38. The third kappa shape index (κ3) is 4.55. The van der Waals surface area contributed by atoms with E-state index in [0.717, 1.165) is 12.6 Å². The summed E-state index contributed by atoms with van der Waals surface area (Å²) in [6.07, 6.45) is 9.93. The smallest absolute Gasteiger partial charge is 0.0233 e. The van der Waals surface area contributed by atoms with Crippen molar-refractivity contribution in [3.63, 3.8) is 0 Å². The zero-order valence-electron chi connectivity index (χ0n) is 13.3. The maximum absolute atomic E-state index is 2.80. The summed E-state index contributed by atoms with van der Waals surface area (Å²) in [6, 6.07) is 11.8. The van der Waals surface area contributed by atoms with Gasteiger partial charge in [0, 0.05) is 12.6 Å². The van der Waals surface area contributed by atoms with Crippen LogP contribution in [0.4, 0.5) is 0 Å². The predicted octanol–water partition coefficient (Wildman–Crippen LogP) is 3.92. The van der Waals surface area contributed by atoms with Crippen LogP contribution < -0.4 is 0 Å². The third-order valence-electron chi connectivity index (χ3n) is 5.21. The summed E-state index contributed by atoms with van der Waals surface area (Å²) >= 11 is 0. The molecule has 21 heavy (non-hydrogen) atoms. The molecular weight excluding hydrogens is 256 g/mol. The van der Waals surface area contributed by atoms with Gasteiger partial charge in [-0.15, -0.1) is 0 Å². The van der Waals surface area contributed by atoms with Crippen LogP contribution in [0.5, 0.6) is 0 Å². The molecule has 2 fully saturated rings. The van der Waals surface area contributed by atoms with E-state index in [2.05, 4.69) is 40.1 Å². The minimum absolute atomic E-state index is 0.857. The van der Waals surface area contributed by atoms with Gasteiger partial charge in [0.15, 0.2) is 0 Å². The highest BCUT2D eigenvalue weighted by molar-refractivity contribution is 5.14. The summed E-state index contributed by atoms with van der Waals surface area (Å²) in [5.41, 5.74) is 1.46. The summed E-state index contributed by atoms with van der Waals surface area (Å²) in [7, 11) is 0. The topological polar surface area (TPSA) is 6.48 Å². The average molecular weight is 286 g/mol. The molecule has 0 amide bonds. The fourth-order valence-corrected chi connectivity index (χ4v) is 3.92. The molecule has 2 saturated heterocycles. The van der Waals surface area contributed by atoms with E-state index >= 15 is 0 Å². The van der Waals surface area contributed by atoms with E-state index in [1.54, 1.807) is 0 Å². The van der Waals surface area contributed by atoms with Gasteiger partial charge in [-0.05, 0) is 57.4 Å². The zero-order chi connectivity index (χ0) is 14.3. The molecule has 0 saturated carbocycles. The number of nitrogens with zero attached hydrogens (tertiary/aromatic N) is 2. The number of rotatable bonds is 3. The first kappa shape index (κ1) is 15.1. The largest absolute Gasteiger partial charge is 0.300 e. The summed E-state index contributed by atoms with van der Waals surface area (Å²) < 4.78 is 0. The average Bonchev–Trinajstić information content (AvgIpc) is 2.49. The van der Waals surface area contributed by atoms with Crippen LogP contribution in [-0.2, 0) is 6.54 Å². The minimum Gasteiger partial charge on any atom is -0.300 e. The Labute approximate surface area is 130 Å². The Bertz CT molecular complexity index is 387. The van der Waals surface area contributed by atoms with Crippen LogP contribution in [0.3, 0.4) is 0 Å². The lowest BCUT2D eigenvalue weighted by Crippen LogP contribution is -2.45. The maximum atomic E-state index is 2.80. The molecule has 2 aliphatic heterocycles. The van der Waals surface area contributed by atoms with Crippen molar-refractivity contribution in [3.8, 4) is 0 Å². The molecule has 2 heterocycles. The Morgan fingerprint density at radius 3 is 2.05 bits per heavy atom. The van der Waals surface area contributed by atoms with Crippen molar-refractivity contribution >= 4 is 0 Å². The van der Waals surface area contributed by atoms with Crippen molar-refractivity contribution in [2.45, 2.75) is 57.5 Å². The summed E-state index contributed by atoms with van der Waals surface area (Å²) in [5.74, 6) is 0. The lowest BCUT2D eigenvalue weighted by atomic mass is 9.99. The van der Waals surface area contributed by atoms with Gasteiger partial charge < -0.3 is 4.90 Å². The molecule has 2 heteroatoms. The Morgan fingerprint density at radius 2 is 1.38 bits per heavy atom. The van der Waals surface area contributed by atoms with E-state index in [-0.39, 0.29) is 0 Å². The van der Waals surface area contributed by atoms with Crippen LogP contribution in [0.15, 0.2) is 30.3 Å². The normalized spacial score (nSPS) is 23.6. The fraction of sp³-hybridized carbons (Fsp3) is 0.684. The van der Waals surface area contributed by atoms with Crippen LogP contribution >= 0.6 is 0 Å². The quantitative estimate of drug-likeness (QED) is 0.831. The SMILES string of the molecule is c1ccc(CN2CCC(N3CCCCCCC3)CC2)cc1. The predicted molar refractivity (Wildman–Crippen MR) is 89.4 cm³/mol. The van der Waals surface area contributed by atoms with Gasteiger partial charge in [-0.2, -0.15) is 0 Å². The van der Waals surface area contributed by atoms with Gasteiger partial charge in [-0.1, -0.05) is 49.6 Å². The van der Waals surface area contributed by atoms with Gasteiger partial charge in [0.05, 0.1) is 0 Å². The highest BCUT2D eigenvalue weighted by atomic mass is 15.2. The standard InChI is InChI=1S/C19H30N2/c1-2-7-13-21(14-8-3-1)19-11-15-20(16-12-19)17-18-9-5-4-6-10-18/h4-6,9-10,19H,1-3,7-8,11-17H2. The highest BCUT2D eigenvalue weighted by Crippen LogP contribution is 2.21. The molecule has 0 atom stereocenters. The monoisotopic (exact) mass is 286 g/mol. The number of benzene rings is 1. The van der Waals surface area contributed by atoms with Crippen LogP contribution in [0.2, 0.25) is 0 Å². The van der Waals surface area contributed by atoms with E-state index in [0.29, 0.717) is 0 Å². The van der Waals surface area contributed by atoms with E-state index in [4.69, 9.17) is 0 Å². The molecular formula is C19H30N2. The Balaban J connectivity index is 1.45. The van der Waals surface area contributed by atoms with E-state index in [9.17, 15) is 0 Å². The van der Waals surface area contributed by atoms with Crippen molar-refractivity contribution in [3.05, 3.63) is 35.9 Å². The van der Waals surface area contributed by atoms with E-state index in [1.807, 2.05) is 0 Å². The highest BCUT2D eigenvalue weighted by Gasteiger charge is 2.24. The molecule has 1 aromatic carbocycles. The first-order chi connectivity index (χ1) is 10.4. The molecule has 3 rings (SSSR count). The Hall–Kier alpha value is -0.860. The molecule has 0 aliphatic carbocycles. The van der Waals surface area contributed by atoms with Crippen LogP contribution in [0.25, 0.3) is 0 Å². The van der Waals surface area contributed by atoms with Gasteiger partial charge in [-0.3, -0.25) is 4.90 Å². The second kappa shape index (κ2) is 7.95. The third-order valence-corrected chi connectivity index (χ3v) is 5.21. The van der Waals surface area contributed by atoms with Crippen molar-refractivity contribution in [1.29, 1.82) is 0 Å². The molecule has 0 N–H and O–H groups in total. The summed E-state index contributed by atoms with van der Waals surface area (Å²) in [5, 5.41) is 0. The molecule has 2 aliphatic rings. The van der Waals surface area contributed by atoms with E-state index in [1.165, 1.54) is 76.7 Å².